The van der Waals surface area contributed by atoms with Gasteiger partial charge in [0.1, 0.15) is 5.82 Å². The van der Waals surface area contributed by atoms with Gasteiger partial charge in [-0.3, -0.25) is 14.5 Å². The molecule has 1 aromatic carbocycles. The molecule has 0 aliphatic carbocycles. The largest absolute Gasteiger partial charge is 0.503 e. The summed E-state index contributed by atoms with van der Waals surface area (Å²) in [5, 5.41) is 13.5. The smallest absolute Gasteiger partial charge is 0.290 e. The Balaban J connectivity index is 1.85. The van der Waals surface area contributed by atoms with E-state index in [1.807, 2.05) is 0 Å². The van der Waals surface area contributed by atoms with Crippen LogP contribution in [-0.4, -0.2) is 65.9 Å². The molecule has 0 radical (unpaired) electrons. The standard InChI is InChI=1S/C18H22FN3O3/c1-12(23)15-16(13-2-4-14(19)5-3-13)22(18(25)17(15)24)11-10-21-8-6-20-7-9-21/h2-5,16,20,24H,6-11H2,1H3/t16-/m0/s1. The molecule has 2 aliphatic heterocycles. The number of rotatable bonds is 5. The lowest BCUT2D eigenvalue weighted by Crippen LogP contribution is -2.47. The Kier molecular flexibility index (Phi) is 5.15. The molecule has 25 heavy (non-hydrogen) atoms. The molecule has 0 bridgehead atoms. The van der Waals surface area contributed by atoms with Crippen LogP contribution in [0.3, 0.4) is 0 Å². The minimum Gasteiger partial charge on any atom is -0.503 e. The number of carbonyl (C=O) groups is 2. The number of hydrogen-bond acceptors (Lipinski definition) is 5. The number of aliphatic hydroxyl groups excluding tert-OH is 1. The van der Waals surface area contributed by atoms with Crippen LogP contribution in [0.25, 0.3) is 0 Å². The predicted molar refractivity (Wildman–Crippen MR) is 90.5 cm³/mol. The molecular formula is C18H22FN3O3. The first-order chi connectivity index (χ1) is 12.0. The van der Waals surface area contributed by atoms with Crippen LogP contribution in [0, 0.1) is 5.82 Å². The summed E-state index contributed by atoms with van der Waals surface area (Å²) in [6.45, 7) is 5.96. The van der Waals surface area contributed by atoms with Gasteiger partial charge in [0.15, 0.2) is 11.5 Å². The first-order valence-corrected chi connectivity index (χ1v) is 8.42. The molecule has 1 saturated heterocycles. The van der Waals surface area contributed by atoms with Crippen molar-refractivity contribution in [1.29, 1.82) is 0 Å². The van der Waals surface area contributed by atoms with E-state index >= 15 is 0 Å². The molecule has 0 spiro atoms. The Morgan fingerprint density at radius 1 is 1.24 bits per heavy atom. The van der Waals surface area contributed by atoms with Crippen molar-refractivity contribution >= 4 is 11.7 Å². The fraction of sp³-hybridized carbons (Fsp3) is 0.444. The van der Waals surface area contributed by atoms with Crippen LogP contribution >= 0.6 is 0 Å². The second-order valence-corrected chi connectivity index (χ2v) is 6.36. The summed E-state index contributed by atoms with van der Waals surface area (Å²) in [4.78, 5) is 28.3. The van der Waals surface area contributed by atoms with E-state index in [1.165, 1.54) is 24.0 Å². The number of nitrogens with one attached hydrogen (secondary N) is 1. The van der Waals surface area contributed by atoms with Gasteiger partial charge >= 0.3 is 0 Å². The van der Waals surface area contributed by atoms with Gasteiger partial charge in [-0.05, 0) is 24.6 Å². The third-order valence-electron chi connectivity index (χ3n) is 4.74. The number of piperazine rings is 1. The normalized spacial score (nSPS) is 21.9. The Hall–Kier alpha value is -2.25. The Labute approximate surface area is 145 Å². The molecule has 7 heteroatoms. The summed E-state index contributed by atoms with van der Waals surface area (Å²) >= 11 is 0. The molecule has 2 aliphatic rings. The Morgan fingerprint density at radius 3 is 2.48 bits per heavy atom. The van der Waals surface area contributed by atoms with Gasteiger partial charge in [0, 0.05) is 39.3 Å². The maximum Gasteiger partial charge on any atom is 0.290 e. The van der Waals surface area contributed by atoms with E-state index in [0.717, 1.165) is 26.2 Å². The minimum absolute atomic E-state index is 0.0805. The average molecular weight is 347 g/mol. The lowest BCUT2D eigenvalue weighted by molar-refractivity contribution is -0.129. The van der Waals surface area contributed by atoms with Crippen LogP contribution in [0.5, 0.6) is 0 Å². The van der Waals surface area contributed by atoms with Crippen LogP contribution < -0.4 is 5.32 Å². The fourth-order valence-corrected chi connectivity index (χ4v) is 3.42. The number of nitrogens with zero attached hydrogens (tertiary/aromatic N) is 2. The first kappa shape index (κ1) is 17.6. The lowest BCUT2D eigenvalue weighted by atomic mass is 9.97. The molecule has 2 heterocycles. The lowest BCUT2D eigenvalue weighted by Gasteiger charge is -2.32. The summed E-state index contributed by atoms with van der Waals surface area (Å²) in [5.74, 6) is -1.79. The van der Waals surface area contributed by atoms with E-state index in [9.17, 15) is 19.1 Å². The number of halogens is 1. The maximum absolute atomic E-state index is 13.2. The summed E-state index contributed by atoms with van der Waals surface area (Å²) in [7, 11) is 0. The highest BCUT2D eigenvalue weighted by atomic mass is 19.1. The van der Waals surface area contributed by atoms with Crippen molar-refractivity contribution in [2.45, 2.75) is 13.0 Å². The second-order valence-electron chi connectivity index (χ2n) is 6.36. The molecule has 0 saturated carbocycles. The minimum atomic E-state index is -0.673. The van der Waals surface area contributed by atoms with Crippen molar-refractivity contribution in [1.82, 2.24) is 15.1 Å². The number of benzene rings is 1. The van der Waals surface area contributed by atoms with Crippen LogP contribution in [0.4, 0.5) is 4.39 Å². The zero-order valence-electron chi connectivity index (χ0n) is 14.2. The quantitative estimate of drug-likeness (QED) is 0.832. The summed E-state index contributed by atoms with van der Waals surface area (Å²) in [6.07, 6.45) is 0. The monoisotopic (exact) mass is 347 g/mol. The average Bonchev–Trinajstić information content (AvgIpc) is 2.86. The zero-order chi connectivity index (χ0) is 18.0. The number of Topliss-reactive ketones (excluding diaryl/α,β-unsaturated/α-hetero) is 1. The first-order valence-electron chi connectivity index (χ1n) is 8.42. The van der Waals surface area contributed by atoms with Crippen LogP contribution in [0.2, 0.25) is 0 Å². The highest BCUT2D eigenvalue weighted by molar-refractivity contribution is 6.08. The van der Waals surface area contributed by atoms with Gasteiger partial charge in [0.2, 0.25) is 0 Å². The van der Waals surface area contributed by atoms with E-state index in [1.54, 1.807) is 12.1 Å². The van der Waals surface area contributed by atoms with E-state index < -0.39 is 23.5 Å². The highest BCUT2D eigenvalue weighted by Crippen LogP contribution is 2.37. The molecular weight excluding hydrogens is 325 g/mol. The molecule has 0 aromatic heterocycles. The number of carbonyl (C=O) groups excluding carboxylic acids is 2. The molecule has 0 unspecified atom stereocenters. The summed E-state index contributed by atoms with van der Waals surface area (Å²) in [6, 6.07) is 5.01. The maximum atomic E-state index is 13.2. The van der Waals surface area contributed by atoms with Crippen molar-refractivity contribution in [3.8, 4) is 0 Å². The number of ketones is 1. The number of amides is 1. The van der Waals surface area contributed by atoms with Gasteiger partial charge in [-0.1, -0.05) is 12.1 Å². The van der Waals surface area contributed by atoms with Crippen molar-refractivity contribution in [2.24, 2.45) is 0 Å². The van der Waals surface area contributed by atoms with Gasteiger partial charge < -0.3 is 15.3 Å². The fourth-order valence-electron chi connectivity index (χ4n) is 3.42. The van der Waals surface area contributed by atoms with Gasteiger partial charge in [-0.25, -0.2) is 4.39 Å². The molecule has 3 rings (SSSR count). The van der Waals surface area contributed by atoms with Crippen molar-refractivity contribution < 1.29 is 19.1 Å². The Bertz CT molecular complexity index is 696. The molecule has 6 nitrogen and oxygen atoms in total. The van der Waals surface area contributed by atoms with Gasteiger partial charge in [-0.2, -0.15) is 0 Å². The molecule has 1 fully saturated rings. The van der Waals surface area contributed by atoms with E-state index in [2.05, 4.69) is 10.2 Å². The van der Waals surface area contributed by atoms with Crippen molar-refractivity contribution in [3.63, 3.8) is 0 Å². The van der Waals surface area contributed by atoms with Crippen molar-refractivity contribution in [2.75, 3.05) is 39.3 Å². The van der Waals surface area contributed by atoms with Gasteiger partial charge in [0.05, 0.1) is 11.6 Å². The Morgan fingerprint density at radius 2 is 1.88 bits per heavy atom. The molecule has 1 atom stereocenters. The van der Waals surface area contributed by atoms with Gasteiger partial charge in [0.25, 0.3) is 5.91 Å². The summed E-state index contributed by atoms with van der Waals surface area (Å²) in [5.41, 5.74) is 0.696. The molecule has 1 aromatic rings. The third kappa shape index (κ3) is 3.57. The second kappa shape index (κ2) is 7.33. The topological polar surface area (TPSA) is 72.9 Å². The van der Waals surface area contributed by atoms with E-state index in [4.69, 9.17) is 0 Å². The van der Waals surface area contributed by atoms with Crippen molar-refractivity contribution in [3.05, 3.63) is 47.0 Å². The zero-order valence-corrected chi connectivity index (χ0v) is 14.2. The molecule has 2 N–H and O–H groups in total. The van der Waals surface area contributed by atoms with Crippen LogP contribution in [0.1, 0.15) is 18.5 Å². The number of aliphatic hydroxyl groups is 1. The number of hydrogen-bond donors (Lipinski definition) is 2. The predicted octanol–water partition coefficient (Wildman–Crippen LogP) is 1.02. The highest BCUT2D eigenvalue weighted by Gasteiger charge is 2.42. The van der Waals surface area contributed by atoms with E-state index in [-0.39, 0.29) is 11.4 Å². The van der Waals surface area contributed by atoms with Crippen LogP contribution in [0.15, 0.2) is 35.6 Å². The third-order valence-corrected chi connectivity index (χ3v) is 4.74. The SMILES string of the molecule is CC(=O)C1=C(O)C(=O)N(CCN2CCNCC2)[C@H]1c1ccc(F)cc1. The summed E-state index contributed by atoms with van der Waals surface area (Å²) < 4.78 is 13.2. The van der Waals surface area contributed by atoms with Gasteiger partial charge in [-0.15, -0.1) is 0 Å². The molecule has 134 valence electrons. The van der Waals surface area contributed by atoms with Crippen LogP contribution in [-0.2, 0) is 9.59 Å². The van der Waals surface area contributed by atoms with E-state index in [0.29, 0.717) is 18.7 Å². The molecule has 1 amide bonds.